The minimum atomic E-state index is -0.227. The number of amides is 4. The van der Waals surface area contributed by atoms with Crippen LogP contribution in [0.3, 0.4) is 0 Å². The summed E-state index contributed by atoms with van der Waals surface area (Å²) in [5.41, 5.74) is 9.57. The summed E-state index contributed by atoms with van der Waals surface area (Å²) < 4.78 is 10.8. The molecule has 0 unspecified atom stereocenters. The molecule has 78 heavy (non-hydrogen) atoms. The molecule has 424 valence electrons. The zero-order chi connectivity index (χ0) is 54.9. The van der Waals surface area contributed by atoms with Gasteiger partial charge in [0.1, 0.15) is 35.0 Å². The van der Waals surface area contributed by atoms with Gasteiger partial charge in [-0.3, -0.25) is 19.2 Å². The van der Waals surface area contributed by atoms with E-state index in [0.717, 1.165) is 113 Å². The molecule has 4 fully saturated rings. The summed E-state index contributed by atoms with van der Waals surface area (Å²) in [5, 5.41) is 9.74. The number of rotatable bonds is 12. The number of benzene rings is 2. The lowest BCUT2D eigenvalue weighted by molar-refractivity contribution is -0.120. The Bertz CT molecular complexity index is 2710. The molecule has 4 aliphatic heterocycles. The van der Waals surface area contributed by atoms with Crippen LogP contribution < -0.4 is 50.8 Å². The Kier molecular flexibility index (Phi) is 21.0. The third kappa shape index (κ3) is 13.8. The molecule has 5 N–H and O–H groups in total. The second-order valence-electron chi connectivity index (χ2n) is 21.2. The lowest BCUT2D eigenvalue weighted by atomic mass is 10.0. The van der Waals surface area contributed by atoms with Gasteiger partial charge in [-0.15, -0.1) is 24.0 Å². The number of halogens is 2. The van der Waals surface area contributed by atoms with Crippen molar-refractivity contribution in [3.8, 4) is 11.5 Å². The molecular weight excluding hydrogens is 1130 g/mol. The fraction of sp³-hybridized carbons (Fsp3) is 0.571. The highest BCUT2D eigenvalue weighted by Crippen LogP contribution is 2.42. The van der Waals surface area contributed by atoms with Crippen LogP contribution in [0.4, 0.5) is 40.3 Å². The summed E-state index contributed by atoms with van der Waals surface area (Å²) in [7, 11) is 10.9. The smallest absolute Gasteiger partial charge is 0.251 e. The fourth-order valence-corrected chi connectivity index (χ4v) is 11.7. The van der Waals surface area contributed by atoms with Gasteiger partial charge < -0.3 is 60.6 Å². The van der Waals surface area contributed by atoms with Gasteiger partial charge in [0, 0.05) is 49.4 Å². The topological polar surface area (TPSA) is 220 Å². The average Bonchev–Trinajstić information content (AvgIpc) is 4.24. The number of nitrogen functional groups attached to an aromatic ring is 1. The van der Waals surface area contributed by atoms with E-state index in [0.29, 0.717) is 52.0 Å². The van der Waals surface area contributed by atoms with Gasteiger partial charge in [0.2, 0.25) is 23.0 Å². The highest BCUT2D eigenvalue weighted by molar-refractivity contribution is 14.0. The molecule has 0 bridgehead atoms. The third-order valence-corrected chi connectivity index (χ3v) is 16.3. The number of likely N-dealkylation sites (tertiary alicyclic amines) is 2. The summed E-state index contributed by atoms with van der Waals surface area (Å²) >= 11 is 5.97. The quantitative estimate of drug-likeness (QED) is 0.0602. The van der Waals surface area contributed by atoms with Gasteiger partial charge in [-0.1, -0.05) is 39.5 Å². The highest BCUT2D eigenvalue weighted by atomic mass is 127. The van der Waals surface area contributed by atoms with Gasteiger partial charge in [-0.05, 0) is 152 Å². The number of hydrogen-bond acceptors (Lipinski definition) is 16. The summed E-state index contributed by atoms with van der Waals surface area (Å²) in [6.45, 7) is 8.12. The SMILES string of the molecule is CC[C@@H]1C(=O)N(C)c2cnc(Cl)nc2N1C1CCCC1.CC[C@@H]1C(=O)N(C)c2cnc(Nc3ccc(C(=O)NC4CCN(C)CC4)cc3OC)nc2N1C1CCCC1.COc1cc(C(=O)NC2CCN(C)CC2)ccc1N.I. The molecule has 0 radical (unpaired) electrons. The number of fused-ring (bicyclic) bond motifs is 2. The van der Waals surface area contributed by atoms with Crippen molar-refractivity contribution < 1.29 is 28.7 Å². The Morgan fingerprint density at radius 2 is 1.08 bits per heavy atom. The second kappa shape index (κ2) is 27.4. The van der Waals surface area contributed by atoms with Crippen molar-refractivity contribution in [2.75, 3.05) is 99.2 Å². The van der Waals surface area contributed by atoms with Crippen LogP contribution in [0.2, 0.25) is 5.28 Å². The number of hydrogen-bond donors (Lipinski definition) is 4. The molecule has 2 atom stereocenters. The molecule has 2 aromatic heterocycles. The number of aromatic nitrogens is 4. The molecule has 6 aliphatic rings. The van der Waals surface area contributed by atoms with Crippen LogP contribution >= 0.6 is 35.6 Å². The largest absolute Gasteiger partial charge is 0.495 e. The zero-order valence-electron chi connectivity index (χ0n) is 46.6. The number of anilines is 7. The molecule has 2 saturated heterocycles. The monoisotopic (exact) mass is 1210 g/mol. The number of piperidine rings is 2. The van der Waals surface area contributed by atoms with Crippen molar-refractivity contribution in [1.82, 2.24) is 40.4 Å². The molecule has 2 aliphatic carbocycles. The Morgan fingerprint density at radius 3 is 1.54 bits per heavy atom. The molecular formula is C56H80ClIN14O6. The van der Waals surface area contributed by atoms with Gasteiger partial charge in [0.25, 0.3) is 11.8 Å². The number of likely N-dealkylation sites (N-methyl/N-ethyl adjacent to an activating group) is 2. The Morgan fingerprint density at radius 1 is 0.641 bits per heavy atom. The first-order valence-electron chi connectivity index (χ1n) is 27.5. The van der Waals surface area contributed by atoms with E-state index < -0.39 is 0 Å². The van der Waals surface area contributed by atoms with E-state index in [2.05, 4.69) is 71.5 Å². The summed E-state index contributed by atoms with van der Waals surface area (Å²) in [5.74, 6) is 3.15. The fourth-order valence-electron chi connectivity index (χ4n) is 11.6. The van der Waals surface area contributed by atoms with Crippen LogP contribution in [0.15, 0.2) is 48.8 Å². The molecule has 10 rings (SSSR count). The minimum absolute atomic E-state index is 0. The van der Waals surface area contributed by atoms with Gasteiger partial charge in [0.05, 0.1) is 38.0 Å². The van der Waals surface area contributed by atoms with E-state index in [1.807, 2.05) is 13.0 Å². The lowest BCUT2D eigenvalue weighted by Crippen LogP contribution is -2.55. The van der Waals surface area contributed by atoms with Crippen LogP contribution in [0.1, 0.15) is 124 Å². The Labute approximate surface area is 481 Å². The number of ether oxygens (including phenoxy) is 2. The Hall–Kier alpha value is -5.78. The van der Waals surface area contributed by atoms with Crippen molar-refractivity contribution in [1.29, 1.82) is 0 Å². The van der Waals surface area contributed by atoms with Gasteiger partial charge in [0.15, 0.2) is 11.6 Å². The standard InChI is InChI=1S/C28H39N7O3.C14H19ClN4O.C14H21N3O2.HI/c1-5-22-27(37)34(3)23-17-29-28(32-25(23)35(22)20-8-6-7-9-20)31-21-11-10-18(16-24(21)38-4)26(36)30-19-12-14-33(2)15-13-19;1-3-10-13(20)18(2)11-8-16-14(15)17-12(11)19(10)9-6-4-5-7-9;1-17-7-5-11(6-8-17)16-14(18)10-3-4-12(15)13(9-10)19-2;/h10-11,16-17,19-20,22H,5-9,12-15H2,1-4H3,(H,30,36)(H,29,31,32);8-10H,3-7H2,1-2H3;3-4,9,11H,5-8,15H2,1-2H3,(H,16,18);1H/t22-;10-;;/m11../s1. The molecule has 22 heteroatoms. The van der Waals surface area contributed by atoms with E-state index in [4.69, 9.17) is 31.8 Å². The highest BCUT2D eigenvalue weighted by Gasteiger charge is 2.43. The predicted octanol–water partition coefficient (Wildman–Crippen LogP) is 7.91. The number of carbonyl (C=O) groups excluding carboxylic acids is 4. The molecule has 2 aromatic carbocycles. The van der Waals surface area contributed by atoms with Crippen LogP contribution in [0.5, 0.6) is 11.5 Å². The maximum Gasteiger partial charge on any atom is 0.251 e. The van der Waals surface area contributed by atoms with Crippen LogP contribution in [-0.4, -0.2) is 158 Å². The van der Waals surface area contributed by atoms with Crippen molar-refractivity contribution in [3.05, 3.63) is 65.2 Å². The summed E-state index contributed by atoms with van der Waals surface area (Å²) in [6.07, 6.45) is 17.9. The number of nitrogens with zero attached hydrogens (tertiary/aromatic N) is 10. The van der Waals surface area contributed by atoms with Crippen molar-refractivity contribution in [2.45, 2.75) is 140 Å². The first kappa shape index (κ1) is 59.9. The van der Waals surface area contributed by atoms with E-state index in [-0.39, 0.29) is 77.1 Å². The predicted molar refractivity (Wildman–Crippen MR) is 319 cm³/mol. The second-order valence-corrected chi connectivity index (χ2v) is 21.5. The minimum Gasteiger partial charge on any atom is -0.495 e. The number of nitrogens with two attached hydrogens (primary N) is 1. The first-order chi connectivity index (χ1) is 37.1. The number of methoxy groups -OCH3 is 2. The molecule has 4 amide bonds. The van der Waals surface area contributed by atoms with Gasteiger partial charge in [-0.25, -0.2) is 9.97 Å². The average molecular weight is 1210 g/mol. The van der Waals surface area contributed by atoms with Crippen molar-refractivity contribution in [3.63, 3.8) is 0 Å². The van der Waals surface area contributed by atoms with Gasteiger partial charge in [-0.2, -0.15) is 9.97 Å². The maximum atomic E-state index is 13.1. The third-order valence-electron chi connectivity index (χ3n) is 16.1. The van der Waals surface area contributed by atoms with Gasteiger partial charge >= 0.3 is 0 Å². The normalized spacial score (nSPS) is 20.4. The maximum absolute atomic E-state index is 13.1. The van der Waals surface area contributed by atoms with Crippen LogP contribution in [0, 0.1) is 0 Å². The number of carbonyl (C=O) groups is 4. The van der Waals surface area contributed by atoms with E-state index >= 15 is 0 Å². The van der Waals surface area contributed by atoms with E-state index in [1.165, 1.54) is 25.7 Å². The number of nitrogens with one attached hydrogen (secondary N) is 3. The molecule has 2 saturated carbocycles. The lowest BCUT2D eigenvalue weighted by Gasteiger charge is -2.43. The van der Waals surface area contributed by atoms with Crippen LogP contribution in [0.25, 0.3) is 0 Å². The van der Waals surface area contributed by atoms with Crippen molar-refractivity contribution >= 4 is 99.5 Å². The van der Waals surface area contributed by atoms with Crippen molar-refractivity contribution in [2.24, 2.45) is 0 Å². The molecule has 6 heterocycles. The Balaban J connectivity index is 0.000000186. The van der Waals surface area contributed by atoms with E-state index in [1.54, 1.807) is 80.8 Å². The molecule has 4 aromatic rings. The summed E-state index contributed by atoms with van der Waals surface area (Å²) in [4.78, 5) is 80.9. The molecule has 20 nitrogen and oxygen atoms in total. The van der Waals surface area contributed by atoms with E-state index in [9.17, 15) is 19.2 Å². The zero-order valence-corrected chi connectivity index (χ0v) is 49.7. The molecule has 0 spiro atoms. The first-order valence-corrected chi connectivity index (χ1v) is 27.9. The van der Waals surface area contributed by atoms with Crippen LogP contribution in [-0.2, 0) is 9.59 Å². The summed E-state index contributed by atoms with van der Waals surface area (Å²) in [6, 6.07) is 11.2.